The van der Waals surface area contributed by atoms with E-state index in [1.54, 1.807) is 31.5 Å². The summed E-state index contributed by atoms with van der Waals surface area (Å²) in [5.41, 5.74) is 7.61. The van der Waals surface area contributed by atoms with Crippen molar-refractivity contribution in [2.24, 2.45) is 5.73 Å². The van der Waals surface area contributed by atoms with Crippen LogP contribution in [-0.4, -0.2) is 33.5 Å². The van der Waals surface area contributed by atoms with Gasteiger partial charge in [-0.15, -0.1) is 0 Å². The third-order valence-electron chi connectivity index (χ3n) is 3.30. The van der Waals surface area contributed by atoms with Gasteiger partial charge in [0.25, 0.3) is 5.17 Å². The number of aliphatic hydroxyl groups excluding tert-OH is 1. The predicted octanol–water partition coefficient (Wildman–Crippen LogP) is 1.80. The van der Waals surface area contributed by atoms with E-state index in [1.165, 1.54) is 24.1 Å². The van der Waals surface area contributed by atoms with Gasteiger partial charge in [-0.25, -0.2) is 9.37 Å². The van der Waals surface area contributed by atoms with Crippen molar-refractivity contribution in [2.45, 2.75) is 13.0 Å². The average molecular weight is 365 g/mol. The number of hydrogen-bond donors (Lipinski definition) is 4. The summed E-state index contributed by atoms with van der Waals surface area (Å²) in [6.45, 7) is 1.90. The van der Waals surface area contributed by atoms with E-state index in [4.69, 9.17) is 22.7 Å². The molecule has 0 fully saturated rings. The number of methoxy groups -OCH3 is 1. The molecule has 2 aromatic rings. The summed E-state index contributed by atoms with van der Waals surface area (Å²) in [7, 11) is 1.46. The van der Waals surface area contributed by atoms with Crippen LogP contribution in [0.3, 0.4) is 0 Å². The second-order valence-corrected chi connectivity index (χ2v) is 5.63. The number of halogens is 1. The topological polar surface area (TPSA) is 97.4 Å². The fraction of sp³-hybridized carbons (Fsp3) is 0.250. The van der Waals surface area contributed by atoms with Crippen LogP contribution in [0.2, 0.25) is 0 Å². The number of benzene rings is 1. The van der Waals surface area contributed by atoms with Crippen molar-refractivity contribution in [3.8, 4) is 5.69 Å². The Hall–Kier alpha value is -2.65. The first kappa shape index (κ1) is 18.7. The largest absolute Gasteiger partial charge is 0.474 e. The molecule has 2 rings (SSSR count). The van der Waals surface area contributed by atoms with E-state index in [2.05, 4.69) is 15.6 Å². The molecule has 0 spiro atoms. The number of nitrogens with zero attached hydrogens (tertiary/aromatic N) is 2. The van der Waals surface area contributed by atoms with E-state index >= 15 is 0 Å². The van der Waals surface area contributed by atoms with Gasteiger partial charge in [-0.3, -0.25) is 0 Å². The van der Waals surface area contributed by atoms with Gasteiger partial charge in [-0.2, -0.15) is 0 Å². The van der Waals surface area contributed by atoms with E-state index in [-0.39, 0.29) is 5.17 Å². The van der Waals surface area contributed by atoms with Crippen molar-refractivity contribution in [1.29, 1.82) is 0 Å². The zero-order valence-electron chi connectivity index (χ0n) is 13.9. The summed E-state index contributed by atoms with van der Waals surface area (Å²) < 4.78 is 20.6. The van der Waals surface area contributed by atoms with Crippen LogP contribution in [0.15, 0.2) is 42.6 Å². The van der Waals surface area contributed by atoms with Gasteiger partial charge in [-0.05, 0) is 37.3 Å². The first-order chi connectivity index (χ1) is 11.9. The number of ether oxygens (including phenoxy) is 1. The van der Waals surface area contributed by atoms with Crippen molar-refractivity contribution >= 4 is 23.1 Å². The Morgan fingerprint density at radius 1 is 1.56 bits per heavy atom. The SMILES string of the molecule is COC(=S)NC/C(N)=C/Nc1ccc(-n2cnc(C(C)O)c2)c(F)c1. The van der Waals surface area contributed by atoms with Crippen LogP contribution in [-0.2, 0) is 4.74 Å². The van der Waals surface area contributed by atoms with Crippen molar-refractivity contribution in [1.82, 2.24) is 14.9 Å². The van der Waals surface area contributed by atoms with Gasteiger partial charge in [-0.1, -0.05) is 0 Å². The average Bonchev–Trinajstić information content (AvgIpc) is 3.07. The van der Waals surface area contributed by atoms with Crippen molar-refractivity contribution in [3.63, 3.8) is 0 Å². The molecular formula is C16H20FN5O2S. The Morgan fingerprint density at radius 3 is 2.92 bits per heavy atom. The Bertz CT molecular complexity index is 776. The summed E-state index contributed by atoms with van der Waals surface area (Å²) in [6, 6.07) is 4.65. The molecule has 0 bridgehead atoms. The number of aliphatic hydroxyl groups is 1. The van der Waals surface area contributed by atoms with Gasteiger partial charge < -0.3 is 30.8 Å². The molecule has 9 heteroatoms. The van der Waals surface area contributed by atoms with Crippen molar-refractivity contribution in [3.05, 3.63) is 54.1 Å². The Morgan fingerprint density at radius 2 is 2.32 bits per heavy atom. The number of rotatable bonds is 6. The van der Waals surface area contributed by atoms with Crippen LogP contribution in [0.4, 0.5) is 10.1 Å². The molecule has 0 aliphatic carbocycles. The molecule has 0 radical (unpaired) electrons. The number of hydrogen-bond acceptors (Lipinski definition) is 6. The number of imidazole rings is 1. The van der Waals surface area contributed by atoms with Gasteiger partial charge in [0.1, 0.15) is 5.82 Å². The van der Waals surface area contributed by atoms with Crippen LogP contribution in [0, 0.1) is 5.82 Å². The molecule has 5 N–H and O–H groups in total. The lowest BCUT2D eigenvalue weighted by atomic mass is 10.2. The maximum atomic E-state index is 14.3. The predicted molar refractivity (Wildman–Crippen MR) is 97.7 cm³/mol. The van der Waals surface area contributed by atoms with Gasteiger partial charge in [0, 0.05) is 23.8 Å². The summed E-state index contributed by atoms with van der Waals surface area (Å²) in [5.74, 6) is -0.440. The van der Waals surface area contributed by atoms with E-state index in [9.17, 15) is 9.50 Å². The Kier molecular flexibility index (Phi) is 6.31. The molecule has 1 unspecified atom stereocenters. The number of thiocarbonyl (C=S) groups is 1. The monoisotopic (exact) mass is 365 g/mol. The van der Waals surface area contributed by atoms with Crippen LogP contribution in [0.5, 0.6) is 0 Å². The molecule has 0 saturated carbocycles. The van der Waals surface area contributed by atoms with Crippen LogP contribution >= 0.6 is 12.2 Å². The minimum atomic E-state index is -0.710. The second kappa shape index (κ2) is 8.45. The molecule has 134 valence electrons. The maximum absolute atomic E-state index is 14.3. The third kappa shape index (κ3) is 5.16. The standard InChI is InChI=1S/C16H20FN5O2S/c1-10(23)14-8-22(9-21-14)15-4-3-12(5-13(15)17)19-6-11(18)7-20-16(25)24-2/h3-6,8-10,19,23H,7,18H2,1-2H3,(H,20,25)/b11-6-. The summed E-state index contributed by atoms with van der Waals surface area (Å²) in [5, 5.41) is 15.4. The van der Waals surface area contributed by atoms with Crippen LogP contribution in [0.1, 0.15) is 18.7 Å². The third-order valence-corrected chi connectivity index (χ3v) is 3.61. The quantitative estimate of drug-likeness (QED) is 0.580. The Labute approximate surface area is 150 Å². The van der Waals surface area contributed by atoms with E-state index in [0.29, 0.717) is 29.3 Å². The van der Waals surface area contributed by atoms with E-state index in [0.717, 1.165) is 0 Å². The van der Waals surface area contributed by atoms with Gasteiger partial charge >= 0.3 is 0 Å². The van der Waals surface area contributed by atoms with Gasteiger partial charge in [0.2, 0.25) is 0 Å². The minimum absolute atomic E-state index is 0.239. The van der Waals surface area contributed by atoms with Gasteiger partial charge in [0.15, 0.2) is 0 Å². The van der Waals surface area contributed by atoms with Crippen LogP contribution in [0.25, 0.3) is 5.69 Å². The van der Waals surface area contributed by atoms with E-state index in [1.807, 2.05) is 0 Å². The smallest absolute Gasteiger partial charge is 0.256 e. The van der Waals surface area contributed by atoms with E-state index < -0.39 is 11.9 Å². The minimum Gasteiger partial charge on any atom is -0.474 e. The zero-order valence-corrected chi connectivity index (χ0v) is 14.7. The first-order valence-electron chi connectivity index (χ1n) is 7.45. The highest BCUT2D eigenvalue weighted by atomic mass is 32.1. The number of nitrogens with one attached hydrogen (secondary N) is 2. The number of aromatic nitrogens is 2. The highest BCUT2D eigenvalue weighted by Gasteiger charge is 2.09. The number of anilines is 1. The molecular weight excluding hydrogens is 345 g/mol. The lowest BCUT2D eigenvalue weighted by Gasteiger charge is -2.09. The second-order valence-electron chi connectivity index (χ2n) is 5.26. The number of nitrogens with two attached hydrogens (primary N) is 1. The molecule has 1 aromatic heterocycles. The highest BCUT2D eigenvalue weighted by molar-refractivity contribution is 7.80. The molecule has 0 saturated heterocycles. The lowest BCUT2D eigenvalue weighted by Crippen LogP contribution is -2.27. The summed E-state index contributed by atoms with van der Waals surface area (Å²) in [4.78, 5) is 4.03. The molecule has 25 heavy (non-hydrogen) atoms. The summed E-state index contributed by atoms with van der Waals surface area (Å²) >= 11 is 4.84. The fourth-order valence-electron chi connectivity index (χ4n) is 1.97. The Balaban J connectivity index is 2.04. The normalized spacial score (nSPS) is 12.6. The summed E-state index contributed by atoms with van der Waals surface area (Å²) in [6.07, 6.45) is 3.87. The fourth-order valence-corrected chi connectivity index (χ4v) is 2.04. The molecule has 0 aliphatic rings. The van der Waals surface area contributed by atoms with Crippen molar-refractivity contribution in [2.75, 3.05) is 19.0 Å². The zero-order chi connectivity index (χ0) is 18.4. The highest BCUT2D eigenvalue weighted by Crippen LogP contribution is 2.20. The van der Waals surface area contributed by atoms with Crippen LogP contribution < -0.4 is 16.4 Å². The van der Waals surface area contributed by atoms with Gasteiger partial charge in [0.05, 0.1) is 37.5 Å². The molecule has 1 heterocycles. The maximum Gasteiger partial charge on any atom is 0.256 e. The molecule has 0 amide bonds. The lowest BCUT2D eigenvalue weighted by molar-refractivity contribution is 0.195. The molecule has 1 aromatic carbocycles. The molecule has 7 nitrogen and oxygen atoms in total. The molecule has 1 atom stereocenters. The first-order valence-corrected chi connectivity index (χ1v) is 7.86. The molecule has 0 aliphatic heterocycles. The van der Waals surface area contributed by atoms with Crippen molar-refractivity contribution < 1.29 is 14.2 Å².